The van der Waals surface area contributed by atoms with Gasteiger partial charge < -0.3 is 4.74 Å². The van der Waals surface area contributed by atoms with E-state index in [2.05, 4.69) is 0 Å². The first kappa shape index (κ1) is 15.8. The Morgan fingerprint density at radius 2 is 1.45 bits per heavy atom. The highest BCUT2D eigenvalue weighted by Gasteiger charge is 2.09. The molecular formula is C15H16O5. The van der Waals surface area contributed by atoms with E-state index in [1.165, 1.54) is 13.8 Å². The van der Waals surface area contributed by atoms with Gasteiger partial charge in [-0.2, -0.15) is 0 Å². The first-order valence-corrected chi connectivity index (χ1v) is 6.17. The molecule has 0 aliphatic rings. The van der Waals surface area contributed by atoms with Gasteiger partial charge in [0.15, 0.2) is 0 Å². The molecule has 0 atom stereocenters. The quantitative estimate of drug-likeness (QED) is 0.430. The second-order valence-electron chi connectivity index (χ2n) is 4.59. The minimum atomic E-state index is -0.613. The summed E-state index contributed by atoms with van der Waals surface area (Å²) in [6.45, 7) is 2.68. The number of ketones is 3. The van der Waals surface area contributed by atoms with Crippen molar-refractivity contribution in [3.05, 3.63) is 29.8 Å². The first-order chi connectivity index (χ1) is 9.36. The highest BCUT2D eigenvalue weighted by atomic mass is 16.5. The zero-order valence-electron chi connectivity index (χ0n) is 11.5. The van der Waals surface area contributed by atoms with Gasteiger partial charge in [-0.25, -0.2) is 0 Å². The summed E-state index contributed by atoms with van der Waals surface area (Å²) in [5.41, 5.74) is 0.739. The molecule has 0 spiro atoms. The van der Waals surface area contributed by atoms with Crippen LogP contribution in [0.5, 0.6) is 5.75 Å². The molecule has 0 heterocycles. The number of ether oxygens (including phenoxy) is 1. The zero-order chi connectivity index (χ0) is 15.1. The number of benzene rings is 1. The first-order valence-electron chi connectivity index (χ1n) is 6.17. The fraction of sp³-hybridized carbons (Fsp3) is 0.333. The average Bonchev–Trinajstić information content (AvgIpc) is 2.29. The van der Waals surface area contributed by atoms with E-state index < -0.39 is 5.97 Å². The fourth-order valence-corrected chi connectivity index (χ4v) is 1.61. The van der Waals surface area contributed by atoms with Crippen LogP contribution in [0.25, 0.3) is 0 Å². The van der Waals surface area contributed by atoms with Gasteiger partial charge >= 0.3 is 5.97 Å². The normalized spacial score (nSPS) is 9.90. The molecule has 0 saturated heterocycles. The molecule has 5 heteroatoms. The van der Waals surface area contributed by atoms with Crippen LogP contribution in [0.3, 0.4) is 0 Å². The van der Waals surface area contributed by atoms with Crippen LogP contribution in [0.15, 0.2) is 24.3 Å². The standard InChI is InChI=1S/C15H16O5/c1-10(16)7-13(18)9-12-3-5-14(6-4-12)20-15(19)8-11(2)17/h3-6H,7-9H2,1-2H3. The molecule has 1 rings (SSSR count). The summed E-state index contributed by atoms with van der Waals surface area (Å²) in [6, 6.07) is 6.39. The van der Waals surface area contributed by atoms with Crippen LogP contribution >= 0.6 is 0 Å². The van der Waals surface area contributed by atoms with Crippen molar-refractivity contribution < 1.29 is 23.9 Å². The van der Waals surface area contributed by atoms with E-state index in [1.54, 1.807) is 24.3 Å². The highest BCUT2D eigenvalue weighted by molar-refractivity contribution is 5.98. The summed E-state index contributed by atoms with van der Waals surface area (Å²) in [4.78, 5) is 44.3. The van der Waals surface area contributed by atoms with Crippen molar-refractivity contribution in [3.8, 4) is 5.75 Å². The molecule has 0 amide bonds. The molecule has 0 aliphatic heterocycles. The number of carbonyl (C=O) groups excluding carboxylic acids is 4. The van der Waals surface area contributed by atoms with Crippen LogP contribution in [-0.2, 0) is 25.6 Å². The summed E-state index contributed by atoms with van der Waals surface area (Å²) >= 11 is 0. The van der Waals surface area contributed by atoms with E-state index >= 15 is 0 Å². The third-order valence-electron chi connectivity index (χ3n) is 2.40. The molecule has 0 aliphatic carbocycles. The van der Waals surface area contributed by atoms with Crippen molar-refractivity contribution in [1.29, 1.82) is 0 Å². The van der Waals surface area contributed by atoms with E-state index in [9.17, 15) is 19.2 Å². The summed E-state index contributed by atoms with van der Waals surface area (Å²) in [5.74, 6) is -0.873. The molecule has 0 radical (unpaired) electrons. The Hall–Kier alpha value is -2.30. The molecule has 0 bridgehead atoms. The topological polar surface area (TPSA) is 77.5 Å². The summed E-state index contributed by atoms with van der Waals surface area (Å²) in [7, 11) is 0. The van der Waals surface area contributed by atoms with Gasteiger partial charge in [-0.15, -0.1) is 0 Å². The Balaban J connectivity index is 2.56. The summed E-state index contributed by atoms with van der Waals surface area (Å²) < 4.78 is 4.95. The number of rotatable bonds is 7. The molecule has 1 aromatic carbocycles. The Kier molecular flexibility index (Phi) is 5.77. The molecule has 0 unspecified atom stereocenters. The minimum absolute atomic E-state index is 0.0741. The fourth-order valence-electron chi connectivity index (χ4n) is 1.61. The maximum absolute atomic E-state index is 11.5. The Bertz CT molecular complexity index is 479. The van der Waals surface area contributed by atoms with Gasteiger partial charge in [0.1, 0.15) is 29.5 Å². The molecule has 20 heavy (non-hydrogen) atoms. The SMILES string of the molecule is CC(=O)CC(=O)Cc1ccc(OC(=O)CC(C)=O)cc1. The monoisotopic (exact) mass is 276 g/mol. The summed E-state index contributed by atoms with van der Waals surface area (Å²) in [6.07, 6.45) is -0.171. The third kappa shape index (κ3) is 6.04. The number of hydrogen-bond acceptors (Lipinski definition) is 5. The lowest BCUT2D eigenvalue weighted by molar-refractivity contribution is -0.137. The van der Waals surface area contributed by atoms with Crippen molar-refractivity contribution >= 4 is 23.3 Å². The van der Waals surface area contributed by atoms with Crippen LogP contribution in [0.1, 0.15) is 32.3 Å². The van der Waals surface area contributed by atoms with E-state index in [0.717, 1.165) is 5.56 Å². The van der Waals surface area contributed by atoms with Gasteiger partial charge in [-0.3, -0.25) is 19.2 Å². The van der Waals surface area contributed by atoms with Crippen molar-refractivity contribution in [2.45, 2.75) is 33.1 Å². The molecule has 106 valence electrons. The zero-order valence-corrected chi connectivity index (χ0v) is 11.5. The van der Waals surface area contributed by atoms with E-state index in [1.807, 2.05) is 0 Å². The minimum Gasteiger partial charge on any atom is -0.426 e. The predicted octanol–water partition coefficient (Wildman–Crippen LogP) is 1.66. The Morgan fingerprint density at radius 3 is 1.95 bits per heavy atom. The molecular weight excluding hydrogens is 260 g/mol. The molecule has 0 N–H and O–H groups in total. The van der Waals surface area contributed by atoms with Gasteiger partial charge in [0.2, 0.25) is 0 Å². The Labute approximate surface area is 116 Å². The molecule has 0 saturated carbocycles. The predicted molar refractivity (Wildman–Crippen MR) is 71.4 cm³/mol. The van der Waals surface area contributed by atoms with Crippen LogP contribution in [0, 0.1) is 0 Å². The number of Topliss-reactive ketones (excluding diaryl/α,β-unsaturated/α-hetero) is 3. The Morgan fingerprint density at radius 1 is 0.900 bits per heavy atom. The molecule has 5 nitrogen and oxygen atoms in total. The maximum Gasteiger partial charge on any atom is 0.318 e. The van der Waals surface area contributed by atoms with Crippen LogP contribution in [-0.4, -0.2) is 23.3 Å². The van der Waals surface area contributed by atoms with Crippen LogP contribution in [0.4, 0.5) is 0 Å². The smallest absolute Gasteiger partial charge is 0.318 e. The number of carbonyl (C=O) groups is 4. The van der Waals surface area contributed by atoms with Gasteiger partial charge in [-0.05, 0) is 31.5 Å². The van der Waals surface area contributed by atoms with Crippen molar-refractivity contribution in [2.75, 3.05) is 0 Å². The second-order valence-corrected chi connectivity index (χ2v) is 4.59. The molecule has 0 fully saturated rings. The van der Waals surface area contributed by atoms with Crippen molar-refractivity contribution in [2.24, 2.45) is 0 Å². The highest BCUT2D eigenvalue weighted by Crippen LogP contribution is 2.14. The summed E-state index contributed by atoms with van der Waals surface area (Å²) in [5, 5.41) is 0. The van der Waals surface area contributed by atoms with E-state index in [0.29, 0.717) is 5.75 Å². The van der Waals surface area contributed by atoms with E-state index in [-0.39, 0.29) is 36.6 Å². The number of esters is 1. The number of hydrogen-bond donors (Lipinski definition) is 0. The lowest BCUT2D eigenvalue weighted by Crippen LogP contribution is -2.12. The van der Waals surface area contributed by atoms with Crippen molar-refractivity contribution in [3.63, 3.8) is 0 Å². The van der Waals surface area contributed by atoms with E-state index in [4.69, 9.17) is 4.74 Å². The maximum atomic E-state index is 11.5. The van der Waals surface area contributed by atoms with Crippen molar-refractivity contribution in [1.82, 2.24) is 0 Å². The van der Waals surface area contributed by atoms with Crippen LogP contribution in [0.2, 0.25) is 0 Å². The molecule has 1 aromatic rings. The third-order valence-corrected chi connectivity index (χ3v) is 2.40. The largest absolute Gasteiger partial charge is 0.426 e. The average molecular weight is 276 g/mol. The second kappa shape index (κ2) is 7.33. The van der Waals surface area contributed by atoms with Gasteiger partial charge in [-0.1, -0.05) is 12.1 Å². The lowest BCUT2D eigenvalue weighted by atomic mass is 10.1. The van der Waals surface area contributed by atoms with Gasteiger partial charge in [0, 0.05) is 6.42 Å². The van der Waals surface area contributed by atoms with Gasteiger partial charge in [0.05, 0.1) is 6.42 Å². The lowest BCUT2D eigenvalue weighted by Gasteiger charge is -2.04. The van der Waals surface area contributed by atoms with Gasteiger partial charge in [0.25, 0.3) is 0 Å². The molecule has 0 aromatic heterocycles. The van der Waals surface area contributed by atoms with Crippen LogP contribution < -0.4 is 4.74 Å².